The molecule has 0 fully saturated rings. The summed E-state index contributed by atoms with van der Waals surface area (Å²) < 4.78 is 47.5. The number of halogens is 2. The lowest BCUT2D eigenvalue weighted by molar-refractivity contribution is -0.140. The van der Waals surface area contributed by atoms with E-state index in [-0.39, 0.29) is 29.5 Å². The summed E-state index contributed by atoms with van der Waals surface area (Å²) in [6, 6.07) is 16.6. The Labute approximate surface area is 246 Å². The number of hydrogen-bond acceptors (Lipinski definition) is 5. The van der Waals surface area contributed by atoms with Crippen LogP contribution in [0.1, 0.15) is 38.7 Å². The Morgan fingerprint density at radius 2 is 1.61 bits per heavy atom. The minimum absolute atomic E-state index is 0.0180. The summed E-state index contributed by atoms with van der Waals surface area (Å²) in [5.41, 5.74) is 0.816. The zero-order chi connectivity index (χ0) is 30.0. The van der Waals surface area contributed by atoms with Crippen LogP contribution in [0, 0.1) is 5.82 Å². The van der Waals surface area contributed by atoms with Crippen molar-refractivity contribution in [2.75, 3.05) is 24.5 Å². The molecule has 220 valence electrons. The molecule has 11 heteroatoms. The summed E-state index contributed by atoms with van der Waals surface area (Å²) >= 11 is 6.06. The van der Waals surface area contributed by atoms with Crippen molar-refractivity contribution in [3.8, 4) is 5.75 Å². The van der Waals surface area contributed by atoms with Crippen molar-refractivity contribution < 1.29 is 27.1 Å². The topological polar surface area (TPSA) is 96.0 Å². The number of sulfonamides is 1. The zero-order valence-electron chi connectivity index (χ0n) is 23.3. The molecule has 0 aliphatic rings. The summed E-state index contributed by atoms with van der Waals surface area (Å²) in [6.07, 6.45) is 1.95. The van der Waals surface area contributed by atoms with E-state index in [1.54, 1.807) is 6.92 Å². The van der Waals surface area contributed by atoms with Gasteiger partial charge in [0.1, 0.15) is 24.2 Å². The standard InChI is InChI=1S/C30H35ClFN3O5S/c1-4-6-19-33-30(37)28(5-2)34(20-22-7-11-24(32)12-8-22)29(36)21-35(25-13-9-23(31)10-14-25)41(38,39)27-17-15-26(40-3)16-18-27/h7-18,28H,4-6,19-21H2,1-3H3,(H,33,37)/t28-/m0/s1. The number of carbonyl (C=O) groups excluding carboxylic acids is 2. The third kappa shape index (κ3) is 8.43. The van der Waals surface area contributed by atoms with Crippen LogP contribution in [0.15, 0.2) is 77.7 Å². The summed E-state index contributed by atoms with van der Waals surface area (Å²) in [6.45, 7) is 3.63. The quantitative estimate of drug-likeness (QED) is 0.249. The molecule has 0 saturated carbocycles. The Hall–Kier alpha value is -3.63. The van der Waals surface area contributed by atoms with Crippen LogP contribution < -0.4 is 14.4 Å². The van der Waals surface area contributed by atoms with Crippen LogP contribution in [0.4, 0.5) is 10.1 Å². The summed E-state index contributed by atoms with van der Waals surface area (Å²) in [5.74, 6) is -0.898. The van der Waals surface area contributed by atoms with E-state index in [0.29, 0.717) is 22.9 Å². The zero-order valence-corrected chi connectivity index (χ0v) is 24.9. The fourth-order valence-electron chi connectivity index (χ4n) is 4.22. The second-order valence-corrected chi connectivity index (χ2v) is 11.7. The van der Waals surface area contributed by atoms with Crippen LogP contribution in [0.3, 0.4) is 0 Å². The Balaban J connectivity index is 2.02. The highest BCUT2D eigenvalue weighted by Gasteiger charge is 2.33. The summed E-state index contributed by atoms with van der Waals surface area (Å²) in [7, 11) is -2.76. The van der Waals surface area contributed by atoms with E-state index in [1.165, 1.54) is 84.8 Å². The van der Waals surface area contributed by atoms with Gasteiger partial charge in [-0.15, -0.1) is 0 Å². The number of ether oxygens (including phenoxy) is 1. The minimum atomic E-state index is -4.23. The lowest BCUT2D eigenvalue weighted by Crippen LogP contribution is -2.52. The number of hydrogen-bond donors (Lipinski definition) is 1. The molecule has 0 unspecified atom stereocenters. The SMILES string of the molecule is CCCCNC(=O)[C@H](CC)N(Cc1ccc(F)cc1)C(=O)CN(c1ccc(Cl)cc1)S(=O)(=O)c1ccc(OC)cc1. The molecule has 0 aliphatic carbocycles. The Kier molecular flexibility index (Phi) is 11.5. The maximum atomic E-state index is 14.0. The van der Waals surface area contributed by atoms with Gasteiger partial charge >= 0.3 is 0 Å². The van der Waals surface area contributed by atoms with Crippen molar-refractivity contribution in [1.82, 2.24) is 10.2 Å². The average molecular weight is 604 g/mol. The van der Waals surface area contributed by atoms with Crippen LogP contribution in [0.2, 0.25) is 5.02 Å². The molecular formula is C30H35ClFN3O5S. The van der Waals surface area contributed by atoms with E-state index >= 15 is 0 Å². The van der Waals surface area contributed by atoms with Crippen molar-refractivity contribution >= 4 is 39.1 Å². The van der Waals surface area contributed by atoms with E-state index in [1.807, 2.05) is 6.92 Å². The van der Waals surface area contributed by atoms with Gasteiger partial charge in [0.25, 0.3) is 10.0 Å². The molecule has 0 heterocycles. The number of nitrogens with one attached hydrogen (secondary N) is 1. The molecule has 3 aromatic rings. The molecular weight excluding hydrogens is 569 g/mol. The summed E-state index contributed by atoms with van der Waals surface area (Å²) in [5, 5.41) is 3.27. The number of anilines is 1. The van der Waals surface area contributed by atoms with Crippen LogP contribution in [-0.2, 0) is 26.2 Å². The van der Waals surface area contributed by atoms with Crippen LogP contribution >= 0.6 is 11.6 Å². The number of nitrogens with zero attached hydrogens (tertiary/aromatic N) is 2. The highest BCUT2D eigenvalue weighted by Crippen LogP contribution is 2.27. The van der Waals surface area contributed by atoms with Gasteiger partial charge in [0.05, 0.1) is 17.7 Å². The first-order chi connectivity index (χ1) is 19.6. The molecule has 41 heavy (non-hydrogen) atoms. The molecule has 2 amide bonds. The Morgan fingerprint density at radius 3 is 2.17 bits per heavy atom. The van der Waals surface area contributed by atoms with Crippen molar-refractivity contribution in [3.05, 3.63) is 89.2 Å². The number of amides is 2. The lowest BCUT2D eigenvalue weighted by Gasteiger charge is -2.33. The molecule has 1 atom stereocenters. The van der Waals surface area contributed by atoms with E-state index < -0.39 is 34.3 Å². The third-order valence-electron chi connectivity index (χ3n) is 6.52. The monoisotopic (exact) mass is 603 g/mol. The van der Waals surface area contributed by atoms with Gasteiger partial charge in [-0.25, -0.2) is 12.8 Å². The van der Waals surface area contributed by atoms with Gasteiger partial charge in [-0.3, -0.25) is 13.9 Å². The van der Waals surface area contributed by atoms with Crippen LogP contribution in [0.5, 0.6) is 5.75 Å². The van der Waals surface area contributed by atoms with E-state index in [0.717, 1.165) is 17.1 Å². The van der Waals surface area contributed by atoms with E-state index in [9.17, 15) is 22.4 Å². The van der Waals surface area contributed by atoms with Crippen molar-refractivity contribution in [2.45, 2.75) is 50.6 Å². The molecule has 3 rings (SSSR count). The van der Waals surface area contributed by atoms with Gasteiger partial charge < -0.3 is 15.0 Å². The first-order valence-electron chi connectivity index (χ1n) is 13.3. The van der Waals surface area contributed by atoms with Gasteiger partial charge in [-0.05, 0) is 79.1 Å². The molecule has 0 saturated heterocycles. The average Bonchev–Trinajstić information content (AvgIpc) is 2.97. The first-order valence-corrected chi connectivity index (χ1v) is 15.2. The maximum Gasteiger partial charge on any atom is 0.264 e. The van der Waals surface area contributed by atoms with Crippen molar-refractivity contribution in [2.24, 2.45) is 0 Å². The lowest BCUT2D eigenvalue weighted by atomic mass is 10.1. The normalized spacial score (nSPS) is 11.9. The summed E-state index contributed by atoms with van der Waals surface area (Å²) in [4.78, 5) is 28.5. The molecule has 0 radical (unpaired) electrons. The third-order valence-corrected chi connectivity index (χ3v) is 8.56. The van der Waals surface area contributed by atoms with Gasteiger partial charge in [0.2, 0.25) is 11.8 Å². The van der Waals surface area contributed by atoms with Crippen LogP contribution in [-0.4, -0.2) is 51.4 Å². The highest BCUT2D eigenvalue weighted by molar-refractivity contribution is 7.92. The Bertz CT molecular complexity index is 1400. The number of benzene rings is 3. The smallest absolute Gasteiger partial charge is 0.264 e. The minimum Gasteiger partial charge on any atom is -0.497 e. The molecule has 0 aromatic heterocycles. The van der Waals surface area contributed by atoms with Crippen molar-refractivity contribution in [3.63, 3.8) is 0 Å². The van der Waals surface area contributed by atoms with Gasteiger partial charge in [0, 0.05) is 18.1 Å². The maximum absolute atomic E-state index is 14.0. The predicted octanol–water partition coefficient (Wildman–Crippen LogP) is 5.41. The number of methoxy groups -OCH3 is 1. The second kappa shape index (κ2) is 14.8. The molecule has 1 N–H and O–H groups in total. The largest absolute Gasteiger partial charge is 0.497 e. The number of carbonyl (C=O) groups is 2. The van der Waals surface area contributed by atoms with Gasteiger partial charge in [-0.2, -0.15) is 0 Å². The number of unbranched alkanes of at least 4 members (excludes halogenated alkanes) is 1. The Morgan fingerprint density at radius 1 is 0.976 bits per heavy atom. The highest BCUT2D eigenvalue weighted by atomic mass is 35.5. The fraction of sp³-hybridized carbons (Fsp3) is 0.333. The molecule has 0 spiro atoms. The van der Waals surface area contributed by atoms with E-state index in [4.69, 9.17) is 16.3 Å². The fourth-order valence-corrected chi connectivity index (χ4v) is 5.76. The van der Waals surface area contributed by atoms with Gasteiger partial charge in [-0.1, -0.05) is 44.0 Å². The second-order valence-electron chi connectivity index (χ2n) is 9.38. The van der Waals surface area contributed by atoms with Crippen molar-refractivity contribution in [1.29, 1.82) is 0 Å². The van der Waals surface area contributed by atoms with Crippen LogP contribution in [0.25, 0.3) is 0 Å². The van der Waals surface area contributed by atoms with Gasteiger partial charge in [0.15, 0.2) is 0 Å². The number of rotatable bonds is 14. The molecule has 3 aromatic carbocycles. The molecule has 0 bridgehead atoms. The van der Waals surface area contributed by atoms with E-state index in [2.05, 4.69) is 5.32 Å². The molecule has 0 aliphatic heterocycles. The predicted molar refractivity (Wildman–Crippen MR) is 158 cm³/mol. The molecule has 8 nitrogen and oxygen atoms in total. The first kappa shape index (κ1) is 31.9.